The van der Waals surface area contributed by atoms with Crippen LogP contribution in [0.25, 0.3) is 22.7 Å². The number of methoxy groups -OCH3 is 1. The lowest BCUT2D eigenvalue weighted by molar-refractivity contribution is 0.398. The average Bonchev–Trinajstić information content (AvgIpc) is 3.28. The first-order valence-corrected chi connectivity index (χ1v) is 9.17. The highest BCUT2D eigenvalue weighted by Crippen LogP contribution is 2.24. The summed E-state index contributed by atoms with van der Waals surface area (Å²) in [4.78, 5) is 16.3. The number of nitriles is 1. The molecule has 7 nitrogen and oxygen atoms in total. The number of nitrogens with one attached hydrogen (secondary N) is 1. The van der Waals surface area contributed by atoms with Crippen LogP contribution >= 0.6 is 0 Å². The van der Waals surface area contributed by atoms with Crippen molar-refractivity contribution < 1.29 is 4.74 Å². The molecule has 29 heavy (non-hydrogen) atoms. The molecule has 0 saturated heterocycles. The summed E-state index contributed by atoms with van der Waals surface area (Å²) in [6, 6.07) is 12.0. The fraction of sp³-hybridized carbons (Fsp3) is 0.182. The molecular weight excluding hydrogens is 364 g/mol. The smallest absolute Gasteiger partial charge is 0.215 e. The summed E-state index contributed by atoms with van der Waals surface area (Å²) in [5.74, 6) is 0.989. The molecule has 0 spiro atoms. The van der Waals surface area contributed by atoms with Crippen molar-refractivity contribution >= 4 is 22.7 Å². The Morgan fingerprint density at radius 3 is 2.86 bits per heavy atom. The van der Waals surface area contributed by atoms with Crippen LogP contribution in [0.5, 0.6) is 5.88 Å². The van der Waals surface area contributed by atoms with Gasteiger partial charge in [0.05, 0.1) is 42.2 Å². The van der Waals surface area contributed by atoms with Crippen molar-refractivity contribution in [2.75, 3.05) is 7.11 Å². The summed E-state index contributed by atoms with van der Waals surface area (Å²) in [6.45, 7) is 4.78. The van der Waals surface area contributed by atoms with Gasteiger partial charge in [0.1, 0.15) is 11.9 Å². The van der Waals surface area contributed by atoms with Crippen molar-refractivity contribution in [1.29, 1.82) is 5.26 Å². The first kappa shape index (κ1) is 18.4. The van der Waals surface area contributed by atoms with E-state index in [-0.39, 0.29) is 0 Å². The standard InChI is InChI=1S/C22H20N6O/c1-14-8-16(15(2)28(14)13-18-6-4-5-7-24-18)9-17(11-23)22-26-19-10-21(29-3)25-12-20(19)27-22/h4-10,12H,13H2,1-3H3,(H,26,27)/b17-9+. The highest BCUT2D eigenvalue weighted by molar-refractivity contribution is 5.90. The van der Waals surface area contributed by atoms with Gasteiger partial charge in [-0.25, -0.2) is 9.97 Å². The number of allylic oxidation sites excluding steroid dienone is 1. The minimum absolute atomic E-state index is 0.457. The van der Waals surface area contributed by atoms with Crippen molar-refractivity contribution in [2.24, 2.45) is 0 Å². The largest absolute Gasteiger partial charge is 0.481 e. The number of hydrogen-bond acceptors (Lipinski definition) is 5. The molecule has 1 N–H and O–H groups in total. The molecule has 144 valence electrons. The third-order valence-corrected chi connectivity index (χ3v) is 4.89. The minimum atomic E-state index is 0.457. The van der Waals surface area contributed by atoms with E-state index in [9.17, 15) is 5.26 Å². The van der Waals surface area contributed by atoms with Crippen LogP contribution in [0.1, 0.15) is 28.5 Å². The second kappa shape index (κ2) is 7.60. The van der Waals surface area contributed by atoms with Crippen LogP contribution in [0.4, 0.5) is 0 Å². The molecule has 4 rings (SSSR count). The number of ether oxygens (including phenoxy) is 1. The van der Waals surface area contributed by atoms with Gasteiger partial charge in [-0.05, 0) is 43.7 Å². The van der Waals surface area contributed by atoms with Crippen LogP contribution in [0, 0.1) is 25.2 Å². The van der Waals surface area contributed by atoms with Gasteiger partial charge in [0.15, 0.2) is 0 Å². The molecule has 0 aliphatic heterocycles. The summed E-state index contributed by atoms with van der Waals surface area (Å²) in [7, 11) is 1.56. The van der Waals surface area contributed by atoms with Crippen molar-refractivity contribution in [3.63, 3.8) is 0 Å². The normalized spacial score (nSPS) is 11.6. The fourth-order valence-electron chi connectivity index (χ4n) is 3.31. The van der Waals surface area contributed by atoms with Crippen LogP contribution < -0.4 is 4.74 Å². The van der Waals surface area contributed by atoms with Gasteiger partial charge < -0.3 is 14.3 Å². The first-order chi connectivity index (χ1) is 14.1. The molecule has 0 radical (unpaired) electrons. The van der Waals surface area contributed by atoms with Crippen molar-refractivity contribution in [3.8, 4) is 11.9 Å². The lowest BCUT2D eigenvalue weighted by Crippen LogP contribution is -2.05. The molecule has 0 saturated carbocycles. The Kier molecular flexibility index (Phi) is 4.83. The Morgan fingerprint density at radius 2 is 2.14 bits per heavy atom. The van der Waals surface area contributed by atoms with E-state index in [1.807, 2.05) is 31.2 Å². The zero-order chi connectivity index (χ0) is 20.4. The number of fused-ring (bicyclic) bond motifs is 1. The number of nitrogens with zero attached hydrogens (tertiary/aromatic N) is 5. The Labute approximate surface area is 168 Å². The highest BCUT2D eigenvalue weighted by atomic mass is 16.5. The molecule has 0 unspecified atom stereocenters. The van der Waals surface area contributed by atoms with Crippen LogP contribution in [-0.2, 0) is 6.54 Å². The van der Waals surface area contributed by atoms with Crippen LogP contribution in [0.2, 0.25) is 0 Å². The molecule has 4 heterocycles. The molecule has 0 aromatic carbocycles. The molecule has 4 aromatic rings. The molecule has 0 aliphatic carbocycles. The quantitative estimate of drug-likeness (QED) is 0.527. The van der Waals surface area contributed by atoms with Crippen LogP contribution in [-0.4, -0.2) is 31.6 Å². The van der Waals surface area contributed by atoms with Gasteiger partial charge in [0.2, 0.25) is 5.88 Å². The lowest BCUT2D eigenvalue weighted by Gasteiger charge is -2.08. The molecule has 0 fully saturated rings. The van der Waals surface area contributed by atoms with Crippen molar-refractivity contribution in [2.45, 2.75) is 20.4 Å². The Bertz CT molecular complexity index is 1240. The molecule has 0 aliphatic rings. The van der Waals surface area contributed by atoms with E-state index in [1.165, 1.54) is 0 Å². The maximum atomic E-state index is 9.73. The summed E-state index contributed by atoms with van der Waals surface area (Å²) in [5, 5.41) is 9.73. The van der Waals surface area contributed by atoms with Crippen LogP contribution in [0.15, 0.2) is 42.7 Å². The predicted molar refractivity (Wildman–Crippen MR) is 111 cm³/mol. The third-order valence-electron chi connectivity index (χ3n) is 4.89. The molecule has 0 amide bonds. The van der Waals surface area contributed by atoms with Gasteiger partial charge >= 0.3 is 0 Å². The summed E-state index contributed by atoms with van der Waals surface area (Å²) in [5.41, 5.74) is 6.06. The Morgan fingerprint density at radius 1 is 1.28 bits per heavy atom. The van der Waals surface area contributed by atoms with E-state index in [0.29, 0.717) is 29.3 Å². The second-order valence-corrected chi connectivity index (χ2v) is 6.73. The van der Waals surface area contributed by atoms with E-state index in [0.717, 1.165) is 28.2 Å². The Balaban J connectivity index is 1.71. The number of pyridine rings is 2. The third kappa shape index (κ3) is 3.60. The topological polar surface area (TPSA) is 92.4 Å². The maximum absolute atomic E-state index is 9.73. The second-order valence-electron chi connectivity index (χ2n) is 6.73. The number of imidazole rings is 1. The van der Waals surface area contributed by atoms with E-state index in [4.69, 9.17) is 4.74 Å². The fourth-order valence-corrected chi connectivity index (χ4v) is 3.31. The SMILES string of the molecule is COc1cc2nc(/C(C#N)=C/c3cc(C)n(Cc4ccccn4)c3C)[nH]c2cn1. The van der Waals surface area contributed by atoms with Crippen LogP contribution in [0.3, 0.4) is 0 Å². The summed E-state index contributed by atoms with van der Waals surface area (Å²) < 4.78 is 7.33. The van der Waals surface area contributed by atoms with E-state index >= 15 is 0 Å². The Hall–Kier alpha value is -3.92. The predicted octanol–water partition coefficient (Wildman–Crippen LogP) is 3.89. The van der Waals surface area contributed by atoms with Crippen molar-refractivity contribution in [1.82, 2.24) is 24.5 Å². The molecule has 0 bridgehead atoms. The van der Waals surface area contributed by atoms with Gasteiger partial charge in [0.25, 0.3) is 0 Å². The molecule has 7 heteroatoms. The molecular formula is C22H20N6O. The number of rotatable bonds is 5. The maximum Gasteiger partial charge on any atom is 0.215 e. The van der Waals surface area contributed by atoms with Gasteiger partial charge in [-0.3, -0.25) is 4.98 Å². The van der Waals surface area contributed by atoms with Gasteiger partial charge in [-0.15, -0.1) is 0 Å². The first-order valence-electron chi connectivity index (χ1n) is 9.17. The summed E-state index contributed by atoms with van der Waals surface area (Å²) in [6.07, 6.45) is 5.31. The number of aromatic amines is 1. The van der Waals surface area contributed by atoms with Crippen molar-refractivity contribution in [3.05, 3.63) is 71.2 Å². The zero-order valence-corrected chi connectivity index (χ0v) is 16.5. The van der Waals surface area contributed by atoms with E-state index in [2.05, 4.69) is 43.6 Å². The van der Waals surface area contributed by atoms with Gasteiger partial charge in [-0.2, -0.15) is 5.26 Å². The molecule has 0 atom stereocenters. The zero-order valence-electron chi connectivity index (χ0n) is 16.5. The monoisotopic (exact) mass is 384 g/mol. The molecule has 4 aromatic heterocycles. The highest BCUT2D eigenvalue weighted by Gasteiger charge is 2.13. The lowest BCUT2D eigenvalue weighted by atomic mass is 10.1. The van der Waals surface area contributed by atoms with Gasteiger partial charge in [0, 0.05) is 23.7 Å². The summed E-state index contributed by atoms with van der Waals surface area (Å²) >= 11 is 0. The van der Waals surface area contributed by atoms with E-state index < -0.39 is 0 Å². The van der Waals surface area contributed by atoms with Gasteiger partial charge in [-0.1, -0.05) is 6.07 Å². The number of H-pyrrole nitrogens is 1. The minimum Gasteiger partial charge on any atom is -0.481 e. The average molecular weight is 384 g/mol. The number of aromatic nitrogens is 5. The van der Waals surface area contributed by atoms with E-state index in [1.54, 1.807) is 25.6 Å². The number of aryl methyl sites for hydroxylation is 1. The number of hydrogen-bond donors (Lipinski definition) is 1.